The topological polar surface area (TPSA) is 79.8 Å². The Labute approximate surface area is 194 Å². The van der Waals surface area contributed by atoms with E-state index >= 15 is 0 Å². The minimum absolute atomic E-state index is 0.000619. The van der Waals surface area contributed by atoms with Gasteiger partial charge in [-0.15, -0.1) is 0 Å². The van der Waals surface area contributed by atoms with E-state index in [1.165, 1.54) is 24.4 Å². The fourth-order valence-corrected chi connectivity index (χ4v) is 3.09. The summed E-state index contributed by atoms with van der Waals surface area (Å²) in [4.78, 5) is 23.8. The molecule has 3 rings (SSSR count). The first kappa shape index (κ1) is 23.2. The minimum atomic E-state index is -0.661. The fraction of sp³-hybridized carbons (Fsp3) is 0.0870. The Bertz CT molecular complexity index is 1150. The van der Waals surface area contributed by atoms with Crippen molar-refractivity contribution in [2.45, 2.75) is 13.0 Å². The second-order valence-corrected chi connectivity index (χ2v) is 7.40. The number of anilines is 1. The standard InChI is InChI=1S/C23H18Cl2FN3O3/c24-17-10-9-16(18(25)11-17)14-32-21-8-4-1-5-15(21)13-27-29-23(31)12-22(30)28-20-7-3-2-6-19(20)26/h1-11,13H,12,14H2,(H,28,30)(H,29,31). The van der Waals surface area contributed by atoms with Crippen molar-refractivity contribution in [1.29, 1.82) is 0 Å². The van der Waals surface area contributed by atoms with Crippen LogP contribution in [0.25, 0.3) is 0 Å². The largest absolute Gasteiger partial charge is 0.488 e. The Morgan fingerprint density at radius 1 is 1.00 bits per heavy atom. The molecule has 6 nitrogen and oxygen atoms in total. The summed E-state index contributed by atoms with van der Waals surface area (Å²) in [6.07, 6.45) is 0.879. The van der Waals surface area contributed by atoms with Gasteiger partial charge in [0, 0.05) is 21.2 Å². The monoisotopic (exact) mass is 473 g/mol. The van der Waals surface area contributed by atoms with Gasteiger partial charge in [0.25, 0.3) is 0 Å². The summed E-state index contributed by atoms with van der Waals surface area (Å²) in [5.41, 5.74) is 3.63. The van der Waals surface area contributed by atoms with Gasteiger partial charge in [0.05, 0.1) is 11.9 Å². The highest BCUT2D eigenvalue weighted by Gasteiger charge is 2.11. The summed E-state index contributed by atoms with van der Waals surface area (Å²) in [5, 5.41) is 7.22. The summed E-state index contributed by atoms with van der Waals surface area (Å²) < 4.78 is 19.4. The molecule has 2 amide bonds. The number of ether oxygens (including phenoxy) is 1. The van der Waals surface area contributed by atoms with Crippen molar-refractivity contribution >= 4 is 46.9 Å². The van der Waals surface area contributed by atoms with Crippen molar-refractivity contribution in [3.05, 3.63) is 93.7 Å². The van der Waals surface area contributed by atoms with E-state index in [0.717, 1.165) is 5.56 Å². The predicted molar refractivity (Wildman–Crippen MR) is 123 cm³/mol. The number of hydrazone groups is 1. The van der Waals surface area contributed by atoms with Gasteiger partial charge in [-0.25, -0.2) is 9.82 Å². The first-order valence-corrected chi connectivity index (χ1v) is 10.2. The number of nitrogens with zero attached hydrogens (tertiary/aromatic N) is 1. The Morgan fingerprint density at radius 2 is 1.75 bits per heavy atom. The summed E-state index contributed by atoms with van der Waals surface area (Å²) >= 11 is 12.1. The maximum absolute atomic E-state index is 13.6. The van der Waals surface area contributed by atoms with Gasteiger partial charge >= 0.3 is 0 Å². The normalized spacial score (nSPS) is 10.7. The quantitative estimate of drug-likeness (QED) is 0.268. The molecular weight excluding hydrogens is 456 g/mol. The van der Waals surface area contributed by atoms with E-state index in [1.807, 2.05) is 0 Å². The van der Waals surface area contributed by atoms with Crippen LogP contribution in [0.15, 0.2) is 71.8 Å². The maximum Gasteiger partial charge on any atom is 0.249 e. The second kappa shape index (κ2) is 11.3. The summed E-state index contributed by atoms with van der Waals surface area (Å²) in [7, 11) is 0. The number of rotatable bonds is 8. The molecule has 0 radical (unpaired) electrons. The zero-order valence-electron chi connectivity index (χ0n) is 16.6. The van der Waals surface area contributed by atoms with Gasteiger partial charge < -0.3 is 10.1 Å². The number of para-hydroxylation sites is 2. The zero-order valence-corrected chi connectivity index (χ0v) is 18.2. The summed E-state index contributed by atoms with van der Waals surface area (Å²) in [6, 6.07) is 17.9. The van der Waals surface area contributed by atoms with Gasteiger partial charge in [-0.2, -0.15) is 5.10 Å². The van der Waals surface area contributed by atoms with Crippen LogP contribution < -0.4 is 15.5 Å². The lowest BCUT2D eigenvalue weighted by Gasteiger charge is -2.10. The number of halogens is 3. The van der Waals surface area contributed by atoms with Gasteiger partial charge in [-0.1, -0.05) is 53.5 Å². The molecule has 0 saturated carbocycles. The van der Waals surface area contributed by atoms with Crippen LogP contribution in [-0.4, -0.2) is 18.0 Å². The van der Waals surface area contributed by atoms with Crippen molar-refractivity contribution in [3.8, 4) is 5.75 Å². The van der Waals surface area contributed by atoms with Crippen LogP contribution in [0.4, 0.5) is 10.1 Å². The number of carbonyl (C=O) groups is 2. The van der Waals surface area contributed by atoms with Crippen molar-refractivity contribution in [2.24, 2.45) is 5.10 Å². The molecule has 0 unspecified atom stereocenters. The first-order valence-electron chi connectivity index (χ1n) is 9.44. The van der Waals surface area contributed by atoms with Crippen molar-refractivity contribution in [2.75, 3.05) is 5.32 Å². The van der Waals surface area contributed by atoms with Gasteiger partial charge in [0.15, 0.2) is 0 Å². The molecule has 0 aromatic heterocycles. The molecule has 0 aliphatic heterocycles. The van der Waals surface area contributed by atoms with E-state index in [2.05, 4.69) is 15.8 Å². The third kappa shape index (κ3) is 6.80. The SMILES string of the molecule is O=C(CC(=O)Nc1ccccc1F)NN=Cc1ccccc1OCc1ccc(Cl)cc1Cl. The highest BCUT2D eigenvalue weighted by Crippen LogP contribution is 2.24. The molecule has 0 saturated heterocycles. The molecule has 0 aliphatic carbocycles. The third-order valence-electron chi connectivity index (χ3n) is 4.18. The second-order valence-electron chi connectivity index (χ2n) is 6.56. The van der Waals surface area contributed by atoms with Crippen LogP contribution in [0.1, 0.15) is 17.5 Å². The van der Waals surface area contributed by atoms with E-state index in [9.17, 15) is 14.0 Å². The number of hydrogen-bond acceptors (Lipinski definition) is 4. The third-order valence-corrected chi connectivity index (χ3v) is 4.77. The van der Waals surface area contributed by atoms with Gasteiger partial charge in [-0.3, -0.25) is 9.59 Å². The van der Waals surface area contributed by atoms with Crippen LogP contribution in [0.2, 0.25) is 10.0 Å². The molecule has 2 N–H and O–H groups in total. The Balaban J connectivity index is 1.54. The molecule has 0 bridgehead atoms. The molecule has 0 aliphatic rings. The average Bonchev–Trinajstić information content (AvgIpc) is 2.75. The molecule has 32 heavy (non-hydrogen) atoms. The lowest BCUT2D eigenvalue weighted by Crippen LogP contribution is -2.25. The molecule has 3 aromatic carbocycles. The number of hydrogen-bond donors (Lipinski definition) is 2. The van der Waals surface area contributed by atoms with E-state index in [0.29, 0.717) is 21.4 Å². The van der Waals surface area contributed by atoms with Crippen LogP contribution in [0.5, 0.6) is 5.75 Å². The van der Waals surface area contributed by atoms with E-state index in [1.54, 1.807) is 48.5 Å². The van der Waals surface area contributed by atoms with Crippen LogP contribution in [0, 0.1) is 5.82 Å². The highest BCUT2D eigenvalue weighted by molar-refractivity contribution is 6.35. The van der Waals surface area contributed by atoms with Crippen molar-refractivity contribution in [1.82, 2.24) is 5.43 Å². The Hall–Kier alpha value is -3.42. The number of nitrogens with one attached hydrogen (secondary N) is 2. The van der Waals surface area contributed by atoms with Crippen molar-refractivity contribution in [3.63, 3.8) is 0 Å². The number of amides is 2. The molecule has 0 fully saturated rings. The maximum atomic E-state index is 13.6. The number of benzene rings is 3. The summed E-state index contributed by atoms with van der Waals surface area (Å²) in [6.45, 7) is 0.212. The van der Waals surface area contributed by atoms with Crippen LogP contribution >= 0.6 is 23.2 Å². The predicted octanol–water partition coefficient (Wildman–Crippen LogP) is 5.19. The highest BCUT2D eigenvalue weighted by atomic mass is 35.5. The lowest BCUT2D eigenvalue weighted by atomic mass is 10.2. The number of carbonyl (C=O) groups excluding carboxylic acids is 2. The van der Waals surface area contributed by atoms with Gasteiger partial charge in [0.1, 0.15) is 24.6 Å². The zero-order chi connectivity index (χ0) is 22.9. The van der Waals surface area contributed by atoms with Crippen molar-refractivity contribution < 1.29 is 18.7 Å². The average molecular weight is 474 g/mol. The van der Waals surface area contributed by atoms with E-state index in [-0.39, 0.29) is 12.3 Å². The Kier molecular flexibility index (Phi) is 8.19. The molecule has 164 valence electrons. The van der Waals surface area contributed by atoms with E-state index in [4.69, 9.17) is 27.9 Å². The fourth-order valence-electron chi connectivity index (χ4n) is 2.63. The molecule has 0 spiro atoms. The molecule has 9 heteroatoms. The molecule has 3 aromatic rings. The summed E-state index contributed by atoms with van der Waals surface area (Å²) in [5.74, 6) is -1.38. The van der Waals surface area contributed by atoms with E-state index < -0.39 is 24.1 Å². The van der Waals surface area contributed by atoms with Crippen LogP contribution in [-0.2, 0) is 16.2 Å². The molecule has 0 heterocycles. The van der Waals surface area contributed by atoms with Gasteiger partial charge in [-0.05, 0) is 36.4 Å². The molecular formula is C23H18Cl2FN3O3. The lowest BCUT2D eigenvalue weighted by molar-refractivity contribution is -0.126. The molecule has 0 atom stereocenters. The Morgan fingerprint density at radius 3 is 2.53 bits per heavy atom. The van der Waals surface area contributed by atoms with Gasteiger partial charge in [0.2, 0.25) is 11.8 Å². The first-order chi connectivity index (χ1) is 15.4. The van der Waals surface area contributed by atoms with Crippen LogP contribution in [0.3, 0.4) is 0 Å². The smallest absolute Gasteiger partial charge is 0.249 e. The minimum Gasteiger partial charge on any atom is -0.488 e.